The second kappa shape index (κ2) is 4.70. The molecule has 0 fully saturated rings. The predicted octanol–water partition coefficient (Wildman–Crippen LogP) is 2.05. The van der Waals surface area contributed by atoms with Gasteiger partial charge in [0.05, 0.1) is 25.3 Å². The standard InChI is InChI=1S/C9H7F3N2O2/c1-15-8-7(16-9(10,11)12)3-2-6(14-8)4-5-13/h2-3H,4H2,1H3. The van der Waals surface area contributed by atoms with Crippen molar-refractivity contribution < 1.29 is 22.6 Å². The quantitative estimate of drug-likeness (QED) is 0.800. The maximum atomic E-state index is 11.9. The monoisotopic (exact) mass is 232 g/mol. The molecule has 0 saturated heterocycles. The maximum absolute atomic E-state index is 11.9. The van der Waals surface area contributed by atoms with Crippen LogP contribution in [0, 0.1) is 11.3 Å². The second-order valence-corrected chi connectivity index (χ2v) is 2.69. The molecule has 7 heteroatoms. The summed E-state index contributed by atoms with van der Waals surface area (Å²) in [6, 6.07) is 4.15. The molecule has 0 aliphatic heterocycles. The van der Waals surface area contributed by atoms with Gasteiger partial charge in [-0.05, 0) is 12.1 Å². The van der Waals surface area contributed by atoms with E-state index in [9.17, 15) is 13.2 Å². The van der Waals surface area contributed by atoms with Crippen molar-refractivity contribution in [2.75, 3.05) is 7.11 Å². The van der Waals surface area contributed by atoms with Gasteiger partial charge in [0.25, 0.3) is 5.88 Å². The predicted molar refractivity (Wildman–Crippen MR) is 46.8 cm³/mol. The van der Waals surface area contributed by atoms with Crippen LogP contribution in [-0.2, 0) is 6.42 Å². The van der Waals surface area contributed by atoms with E-state index in [1.165, 1.54) is 13.2 Å². The van der Waals surface area contributed by atoms with Crippen molar-refractivity contribution >= 4 is 0 Å². The number of nitriles is 1. The fourth-order valence-electron chi connectivity index (χ4n) is 0.994. The van der Waals surface area contributed by atoms with Crippen LogP contribution in [-0.4, -0.2) is 18.5 Å². The number of hydrogen-bond donors (Lipinski definition) is 0. The molecule has 4 nitrogen and oxygen atoms in total. The summed E-state index contributed by atoms with van der Waals surface area (Å²) in [5.74, 6) is -0.832. The van der Waals surface area contributed by atoms with Crippen LogP contribution in [0.4, 0.5) is 13.2 Å². The highest BCUT2D eigenvalue weighted by Crippen LogP contribution is 2.30. The summed E-state index contributed by atoms with van der Waals surface area (Å²) in [7, 11) is 1.17. The molecular weight excluding hydrogens is 225 g/mol. The summed E-state index contributed by atoms with van der Waals surface area (Å²) < 4.78 is 44.2. The average Bonchev–Trinajstić information content (AvgIpc) is 2.18. The molecular formula is C9H7F3N2O2. The number of halogens is 3. The maximum Gasteiger partial charge on any atom is 0.573 e. The number of pyridine rings is 1. The van der Waals surface area contributed by atoms with E-state index in [4.69, 9.17) is 5.26 Å². The normalized spacial score (nSPS) is 10.7. The first-order valence-electron chi connectivity index (χ1n) is 4.13. The highest BCUT2D eigenvalue weighted by Gasteiger charge is 2.32. The van der Waals surface area contributed by atoms with Crippen molar-refractivity contribution in [3.8, 4) is 17.7 Å². The van der Waals surface area contributed by atoms with Gasteiger partial charge in [-0.3, -0.25) is 0 Å². The smallest absolute Gasteiger partial charge is 0.478 e. The topological polar surface area (TPSA) is 55.1 Å². The van der Waals surface area contributed by atoms with Crippen molar-refractivity contribution in [2.24, 2.45) is 0 Å². The van der Waals surface area contributed by atoms with Gasteiger partial charge < -0.3 is 9.47 Å². The summed E-state index contributed by atoms with van der Waals surface area (Å²) in [6.45, 7) is 0. The van der Waals surface area contributed by atoms with Crippen molar-refractivity contribution in [2.45, 2.75) is 12.8 Å². The van der Waals surface area contributed by atoms with Crippen molar-refractivity contribution in [1.82, 2.24) is 4.98 Å². The van der Waals surface area contributed by atoms with Crippen molar-refractivity contribution in [1.29, 1.82) is 5.26 Å². The largest absolute Gasteiger partial charge is 0.573 e. The molecule has 0 aliphatic carbocycles. The highest BCUT2D eigenvalue weighted by molar-refractivity contribution is 5.35. The Bertz CT molecular complexity index is 412. The minimum atomic E-state index is -4.80. The molecule has 0 radical (unpaired) electrons. The molecule has 1 aromatic rings. The number of aromatic nitrogens is 1. The van der Waals surface area contributed by atoms with Crippen LogP contribution in [0.25, 0.3) is 0 Å². The Hall–Kier alpha value is -1.97. The second-order valence-electron chi connectivity index (χ2n) is 2.69. The van der Waals surface area contributed by atoms with Gasteiger partial charge in [-0.15, -0.1) is 13.2 Å². The molecule has 0 amide bonds. The van der Waals surface area contributed by atoms with E-state index in [0.717, 1.165) is 6.07 Å². The molecule has 0 atom stereocenters. The number of hydrogen-bond acceptors (Lipinski definition) is 4. The molecule has 86 valence electrons. The fourth-order valence-corrected chi connectivity index (χ4v) is 0.994. The lowest BCUT2D eigenvalue weighted by molar-refractivity contribution is -0.275. The van der Waals surface area contributed by atoms with Gasteiger partial charge >= 0.3 is 6.36 Å². The van der Waals surface area contributed by atoms with Crippen LogP contribution in [0.5, 0.6) is 11.6 Å². The Morgan fingerprint density at radius 3 is 2.62 bits per heavy atom. The molecule has 0 saturated carbocycles. The molecule has 0 N–H and O–H groups in total. The van der Waals surface area contributed by atoms with Gasteiger partial charge in [-0.2, -0.15) is 5.26 Å². The molecule has 0 aromatic carbocycles. The molecule has 0 spiro atoms. The van der Waals surface area contributed by atoms with Crippen LogP contribution in [0.2, 0.25) is 0 Å². The number of methoxy groups -OCH3 is 1. The summed E-state index contributed by atoms with van der Waals surface area (Å²) in [5, 5.41) is 8.40. The molecule has 16 heavy (non-hydrogen) atoms. The lowest BCUT2D eigenvalue weighted by atomic mass is 10.3. The first-order chi connectivity index (χ1) is 7.46. The molecule has 1 rings (SSSR count). The number of nitrogens with zero attached hydrogens (tertiary/aromatic N) is 2. The third-order valence-corrected chi connectivity index (χ3v) is 1.56. The van der Waals surface area contributed by atoms with Gasteiger partial charge in [-0.1, -0.05) is 0 Å². The first kappa shape index (κ1) is 12.1. The third-order valence-electron chi connectivity index (χ3n) is 1.56. The molecule has 1 heterocycles. The zero-order chi connectivity index (χ0) is 12.2. The zero-order valence-electron chi connectivity index (χ0n) is 8.21. The number of ether oxygens (including phenoxy) is 2. The van der Waals surface area contributed by atoms with Crippen LogP contribution in [0.1, 0.15) is 5.69 Å². The Morgan fingerprint density at radius 2 is 2.12 bits per heavy atom. The summed E-state index contributed by atoms with van der Waals surface area (Å²) in [5.41, 5.74) is 0.314. The lowest BCUT2D eigenvalue weighted by Gasteiger charge is -2.11. The Labute approximate surface area is 89.2 Å². The van der Waals surface area contributed by atoms with Gasteiger partial charge in [0.15, 0.2) is 5.75 Å². The fraction of sp³-hybridized carbons (Fsp3) is 0.333. The van der Waals surface area contributed by atoms with Gasteiger partial charge in [0.1, 0.15) is 0 Å². The highest BCUT2D eigenvalue weighted by atomic mass is 19.4. The number of rotatable bonds is 3. The molecule has 1 aromatic heterocycles. The Balaban J connectivity index is 2.98. The number of alkyl halides is 3. The van der Waals surface area contributed by atoms with E-state index in [-0.39, 0.29) is 12.3 Å². The van der Waals surface area contributed by atoms with E-state index in [2.05, 4.69) is 14.5 Å². The van der Waals surface area contributed by atoms with Crippen LogP contribution >= 0.6 is 0 Å². The minimum Gasteiger partial charge on any atom is -0.478 e. The zero-order valence-corrected chi connectivity index (χ0v) is 8.21. The Kier molecular flexibility index (Phi) is 3.55. The van der Waals surface area contributed by atoms with E-state index in [1.807, 2.05) is 6.07 Å². The van der Waals surface area contributed by atoms with Crippen molar-refractivity contribution in [3.63, 3.8) is 0 Å². The van der Waals surface area contributed by atoms with E-state index in [1.54, 1.807) is 0 Å². The van der Waals surface area contributed by atoms with Gasteiger partial charge in [-0.25, -0.2) is 4.98 Å². The van der Waals surface area contributed by atoms with Gasteiger partial charge in [0, 0.05) is 0 Å². The van der Waals surface area contributed by atoms with Crippen molar-refractivity contribution in [3.05, 3.63) is 17.8 Å². The SMILES string of the molecule is COc1nc(CC#N)ccc1OC(F)(F)F. The summed E-state index contributed by atoms with van der Waals surface area (Å²) in [6.07, 6.45) is -4.81. The van der Waals surface area contributed by atoms with Crippen LogP contribution < -0.4 is 9.47 Å². The average molecular weight is 232 g/mol. The minimum absolute atomic E-state index is 0.0113. The lowest BCUT2D eigenvalue weighted by Crippen LogP contribution is -2.18. The summed E-state index contributed by atoms with van der Waals surface area (Å²) in [4.78, 5) is 3.70. The van der Waals surface area contributed by atoms with E-state index in [0.29, 0.717) is 5.69 Å². The van der Waals surface area contributed by atoms with E-state index < -0.39 is 12.1 Å². The summed E-state index contributed by atoms with van der Waals surface area (Å²) >= 11 is 0. The molecule has 0 aliphatic rings. The third kappa shape index (κ3) is 3.31. The molecule has 0 unspecified atom stereocenters. The van der Waals surface area contributed by atoms with Gasteiger partial charge in [0.2, 0.25) is 0 Å². The Morgan fingerprint density at radius 1 is 1.44 bits per heavy atom. The first-order valence-corrected chi connectivity index (χ1v) is 4.13. The van der Waals surface area contributed by atoms with Crippen LogP contribution in [0.3, 0.4) is 0 Å². The van der Waals surface area contributed by atoms with E-state index >= 15 is 0 Å². The molecule has 0 bridgehead atoms. The van der Waals surface area contributed by atoms with Crippen LogP contribution in [0.15, 0.2) is 12.1 Å².